The molecule has 0 saturated carbocycles. The third-order valence-electron chi connectivity index (χ3n) is 4.92. The van der Waals surface area contributed by atoms with Crippen molar-refractivity contribution in [2.75, 3.05) is 40.0 Å². The van der Waals surface area contributed by atoms with E-state index in [2.05, 4.69) is 0 Å². The van der Waals surface area contributed by atoms with Crippen LogP contribution in [0.3, 0.4) is 0 Å². The molecule has 5 nitrogen and oxygen atoms in total. The average molecular weight is 333 g/mol. The fraction of sp³-hybridized carbons (Fsp3) is 0.632. The SMILES string of the molecule is CCOc1ccc(CC(=O)N2CC3(CC(CCOC)CO3)C2)cc1. The van der Waals surface area contributed by atoms with Crippen molar-refractivity contribution in [2.24, 2.45) is 5.92 Å². The number of rotatable bonds is 7. The van der Waals surface area contributed by atoms with Gasteiger partial charge in [0.2, 0.25) is 5.91 Å². The second-order valence-electron chi connectivity index (χ2n) is 6.85. The zero-order valence-corrected chi connectivity index (χ0v) is 14.6. The Labute approximate surface area is 143 Å². The fourth-order valence-electron chi connectivity index (χ4n) is 3.61. The van der Waals surface area contributed by atoms with Crippen LogP contribution >= 0.6 is 0 Å². The molecule has 3 rings (SSSR count). The maximum absolute atomic E-state index is 12.4. The van der Waals surface area contributed by atoms with E-state index in [1.807, 2.05) is 36.1 Å². The summed E-state index contributed by atoms with van der Waals surface area (Å²) < 4.78 is 16.6. The van der Waals surface area contributed by atoms with E-state index in [4.69, 9.17) is 14.2 Å². The number of nitrogens with zero attached hydrogens (tertiary/aromatic N) is 1. The molecule has 5 heteroatoms. The van der Waals surface area contributed by atoms with Crippen LogP contribution in [-0.4, -0.2) is 56.4 Å². The number of ether oxygens (including phenoxy) is 3. The van der Waals surface area contributed by atoms with Crippen molar-refractivity contribution in [3.63, 3.8) is 0 Å². The van der Waals surface area contributed by atoms with Gasteiger partial charge in [0.1, 0.15) is 11.4 Å². The lowest BCUT2D eigenvalue weighted by molar-refractivity contribution is -0.157. The van der Waals surface area contributed by atoms with Gasteiger partial charge in [-0.05, 0) is 43.4 Å². The normalized spacial score (nSPS) is 21.8. The van der Waals surface area contributed by atoms with Gasteiger partial charge < -0.3 is 19.1 Å². The van der Waals surface area contributed by atoms with Crippen LogP contribution < -0.4 is 4.74 Å². The summed E-state index contributed by atoms with van der Waals surface area (Å²) in [7, 11) is 1.73. The van der Waals surface area contributed by atoms with Crippen LogP contribution in [0.25, 0.3) is 0 Å². The molecular weight excluding hydrogens is 306 g/mol. The van der Waals surface area contributed by atoms with Gasteiger partial charge in [0.25, 0.3) is 0 Å². The van der Waals surface area contributed by atoms with Crippen molar-refractivity contribution in [2.45, 2.75) is 31.8 Å². The minimum atomic E-state index is -0.0904. The Kier molecular flexibility index (Phi) is 5.41. The van der Waals surface area contributed by atoms with Crippen molar-refractivity contribution >= 4 is 5.91 Å². The molecule has 132 valence electrons. The molecule has 2 saturated heterocycles. The first-order chi connectivity index (χ1) is 11.6. The number of carbonyl (C=O) groups is 1. The van der Waals surface area contributed by atoms with Crippen molar-refractivity contribution in [1.82, 2.24) is 4.90 Å². The van der Waals surface area contributed by atoms with Gasteiger partial charge in [-0.1, -0.05) is 12.1 Å². The average Bonchev–Trinajstić information content (AvgIpc) is 2.98. The predicted octanol–water partition coefficient (Wildman–Crippen LogP) is 2.28. The molecule has 0 radical (unpaired) electrons. The highest BCUT2D eigenvalue weighted by atomic mass is 16.5. The topological polar surface area (TPSA) is 48.0 Å². The van der Waals surface area contributed by atoms with Gasteiger partial charge in [-0.3, -0.25) is 4.79 Å². The van der Waals surface area contributed by atoms with E-state index in [1.165, 1.54) is 0 Å². The molecule has 0 aliphatic carbocycles. The van der Waals surface area contributed by atoms with Crippen molar-refractivity contribution < 1.29 is 19.0 Å². The second kappa shape index (κ2) is 7.53. The Bertz CT molecular complexity index is 551. The number of amides is 1. The van der Waals surface area contributed by atoms with Gasteiger partial charge in [-0.2, -0.15) is 0 Å². The Hall–Kier alpha value is -1.59. The van der Waals surface area contributed by atoms with E-state index < -0.39 is 0 Å². The largest absolute Gasteiger partial charge is 0.494 e. The van der Waals surface area contributed by atoms with Crippen LogP contribution in [0.1, 0.15) is 25.3 Å². The molecule has 1 spiro atoms. The highest BCUT2D eigenvalue weighted by Gasteiger charge is 2.50. The van der Waals surface area contributed by atoms with Crippen LogP contribution in [0.5, 0.6) is 5.75 Å². The third-order valence-corrected chi connectivity index (χ3v) is 4.92. The summed E-state index contributed by atoms with van der Waals surface area (Å²) in [6, 6.07) is 7.77. The molecule has 1 aromatic carbocycles. The van der Waals surface area contributed by atoms with Gasteiger partial charge >= 0.3 is 0 Å². The molecule has 1 atom stereocenters. The van der Waals surface area contributed by atoms with Gasteiger partial charge in [0.15, 0.2) is 0 Å². The lowest BCUT2D eigenvalue weighted by atomic mass is 9.85. The lowest BCUT2D eigenvalue weighted by Crippen LogP contribution is -2.63. The molecule has 0 bridgehead atoms. The van der Waals surface area contributed by atoms with Crippen molar-refractivity contribution in [3.05, 3.63) is 29.8 Å². The molecule has 24 heavy (non-hydrogen) atoms. The maximum Gasteiger partial charge on any atom is 0.227 e. The summed E-state index contributed by atoms with van der Waals surface area (Å²) in [5.74, 6) is 1.58. The number of likely N-dealkylation sites (tertiary alicyclic amines) is 1. The molecule has 1 aromatic rings. The maximum atomic E-state index is 12.4. The quantitative estimate of drug-likeness (QED) is 0.768. The molecule has 2 heterocycles. The first-order valence-electron chi connectivity index (χ1n) is 8.76. The zero-order chi connectivity index (χ0) is 17.0. The van der Waals surface area contributed by atoms with E-state index >= 15 is 0 Å². The molecule has 2 aliphatic heterocycles. The summed E-state index contributed by atoms with van der Waals surface area (Å²) in [6.45, 7) is 5.65. The van der Waals surface area contributed by atoms with E-state index in [0.29, 0.717) is 18.9 Å². The number of carbonyl (C=O) groups excluding carboxylic acids is 1. The smallest absolute Gasteiger partial charge is 0.227 e. The Morgan fingerprint density at radius 1 is 1.33 bits per heavy atom. The van der Waals surface area contributed by atoms with Crippen LogP contribution in [0, 0.1) is 5.92 Å². The molecule has 1 amide bonds. The summed E-state index contributed by atoms with van der Waals surface area (Å²) in [6.07, 6.45) is 2.52. The van der Waals surface area contributed by atoms with Crippen molar-refractivity contribution in [3.8, 4) is 5.75 Å². The number of benzene rings is 1. The Balaban J connectivity index is 1.45. The second-order valence-corrected chi connectivity index (χ2v) is 6.85. The molecular formula is C19H27NO4. The zero-order valence-electron chi connectivity index (χ0n) is 14.6. The molecule has 2 aliphatic rings. The van der Waals surface area contributed by atoms with Gasteiger partial charge in [-0.25, -0.2) is 0 Å². The summed E-state index contributed by atoms with van der Waals surface area (Å²) in [5, 5.41) is 0. The van der Waals surface area contributed by atoms with Crippen molar-refractivity contribution in [1.29, 1.82) is 0 Å². The molecule has 2 fully saturated rings. The van der Waals surface area contributed by atoms with E-state index in [9.17, 15) is 4.79 Å². The summed E-state index contributed by atoms with van der Waals surface area (Å²) in [5.41, 5.74) is 0.932. The van der Waals surface area contributed by atoms with Gasteiger partial charge in [0.05, 0.1) is 32.7 Å². The van der Waals surface area contributed by atoms with Crippen LogP contribution in [0.4, 0.5) is 0 Å². The first kappa shape index (κ1) is 17.2. The van der Waals surface area contributed by atoms with Gasteiger partial charge in [-0.15, -0.1) is 0 Å². The highest BCUT2D eigenvalue weighted by molar-refractivity contribution is 5.80. The standard InChI is InChI=1S/C19H27NO4/c1-3-23-17-6-4-15(5-7-17)10-18(21)20-13-19(14-20)11-16(12-24-19)8-9-22-2/h4-7,16H,3,8-14H2,1-2H3. The van der Waals surface area contributed by atoms with Crippen LogP contribution in [0.15, 0.2) is 24.3 Å². The van der Waals surface area contributed by atoms with Gasteiger partial charge in [0, 0.05) is 13.7 Å². The molecule has 0 N–H and O–H groups in total. The molecule has 0 aromatic heterocycles. The Morgan fingerprint density at radius 2 is 2.08 bits per heavy atom. The number of methoxy groups -OCH3 is 1. The third kappa shape index (κ3) is 3.90. The molecule has 1 unspecified atom stereocenters. The lowest BCUT2D eigenvalue weighted by Gasteiger charge is -2.47. The van der Waals surface area contributed by atoms with E-state index in [0.717, 1.165) is 50.5 Å². The van der Waals surface area contributed by atoms with E-state index in [-0.39, 0.29) is 11.5 Å². The highest BCUT2D eigenvalue weighted by Crippen LogP contribution is 2.39. The van der Waals surface area contributed by atoms with E-state index in [1.54, 1.807) is 7.11 Å². The fourth-order valence-corrected chi connectivity index (χ4v) is 3.61. The van der Waals surface area contributed by atoms with Crippen LogP contribution in [0.2, 0.25) is 0 Å². The monoisotopic (exact) mass is 333 g/mol. The Morgan fingerprint density at radius 3 is 2.75 bits per heavy atom. The predicted molar refractivity (Wildman–Crippen MR) is 91.2 cm³/mol. The minimum absolute atomic E-state index is 0.0904. The summed E-state index contributed by atoms with van der Waals surface area (Å²) >= 11 is 0. The van der Waals surface area contributed by atoms with Crippen LogP contribution in [-0.2, 0) is 20.7 Å². The number of hydrogen-bond donors (Lipinski definition) is 0. The minimum Gasteiger partial charge on any atom is -0.494 e. The first-order valence-corrected chi connectivity index (χ1v) is 8.76. The summed E-state index contributed by atoms with van der Waals surface area (Å²) in [4.78, 5) is 14.3. The number of hydrogen-bond acceptors (Lipinski definition) is 4.